The molecular formula is C23H44O4. The van der Waals surface area contributed by atoms with Crippen LogP contribution in [-0.4, -0.2) is 23.7 Å². The molecule has 0 radical (unpaired) electrons. The first-order chi connectivity index (χ1) is 12.6. The maximum Gasteiger partial charge on any atom is 0.309 e. The molecule has 2 unspecified atom stereocenters. The number of rotatable bonds is 11. The smallest absolute Gasteiger partial charge is 0.309 e. The minimum absolute atomic E-state index is 0.0599. The lowest BCUT2D eigenvalue weighted by atomic mass is 9.80. The van der Waals surface area contributed by atoms with Crippen molar-refractivity contribution in [3.05, 3.63) is 0 Å². The van der Waals surface area contributed by atoms with Crippen LogP contribution in [0.3, 0.4) is 0 Å². The van der Waals surface area contributed by atoms with Crippen molar-refractivity contribution in [1.29, 1.82) is 0 Å². The van der Waals surface area contributed by atoms with E-state index in [-0.39, 0.29) is 6.10 Å². The molecule has 0 aliphatic heterocycles. The highest BCUT2D eigenvalue weighted by molar-refractivity contribution is 5.73. The van der Waals surface area contributed by atoms with E-state index in [4.69, 9.17) is 9.84 Å². The molecule has 1 aliphatic rings. The van der Waals surface area contributed by atoms with Crippen molar-refractivity contribution in [2.45, 2.75) is 112 Å². The highest BCUT2D eigenvalue weighted by atomic mass is 16.5. The van der Waals surface area contributed by atoms with Crippen molar-refractivity contribution >= 4 is 12.4 Å². The van der Waals surface area contributed by atoms with Crippen LogP contribution in [0.5, 0.6) is 0 Å². The van der Waals surface area contributed by atoms with E-state index in [0.717, 1.165) is 31.1 Å². The summed E-state index contributed by atoms with van der Waals surface area (Å²) in [6.45, 7) is 12.8. The molecule has 27 heavy (non-hydrogen) atoms. The minimum Gasteiger partial charge on any atom is -0.481 e. The fraction of sp³-hybridized carbons (Fsp3) is 0.913. The van der Waals surface area contributed by atoms with Gasteiger partial charge in [0.1, 0.15) is 6.10 Å². The number of carbonyl (C=O) groups excluding carboxylic acids is 1. The maximum absolute atomic E-state index is 10.9. The highest BCUT2D eigenvalue weighted by Crippen LogP contribution is 2.32. The second-order valence-electron chi connectivity index (χ2n) is 9.47. The normalized spacial score (nSPS) is 17.6. The average molecular weight is 385 g/mol. The van der Waals surface area contributed by atoms with E-state index in [1.54, 1.807) is 0 Å². The van der Waals surface area contributed by atoms with Crippen molar-refractivity contribution in [2.75, 3.05) is 0 Å². The maximum atomic E-state index is 10.9. The molecule has 2 atom stereocenters. The predicted octanol–water partition coefficient (Wildman–Crippen LogP) is 6.47. The van der Waals surface area contributed by atoms with Crippen LogP contribution in [0.15, 0.2) is 0 Å². The third-order valence-electron chi connectivity index (χ3n) is 5.99. The number of carboxylic acids is 1. The molecule has 0 spiro atoms. The highest BCUT2D eigenvalue weighted by Gasteiger charge is 2.28. The van der Waals surface area contributed by atoms with Gasteiger partial charge in [0.15, 0.2) is 0 Å². The zero-order chi connectivity index (χ0) is 20.9. The number of aliphatic carboxylic acids is 1. The Bertz CT molecular complexity index is 397. The van der Waals surface area contributed by atoms with E-state index in [9.17, 15) is 9.59 Å². The first-order valence-corrected chi connectivity index (χ1v) is 10.9. The molecule has 1 fully saturated rings. The van der Waals surface area contributed by atoms with Crippen LogP contribution in [0, 0.1) is 23.2 Å². The summed E-state index contributed by atoms with van der Waals surface area (Å²) in [7, 11) is 0. The molecule has 0 heterocycles. The molecule has 1 N–H and O–H groups in total. The van der Waals surface area contributed by atoms with Gasteiger partial charge in [-0.1, -0.05) is 65.7 Å². The van der Waals surface area contributed by atoms with Crippen molar-refractivity contribution in [1.82, 2.24) is 0 Å². The van der Waals surface area contributed by atoms with Gasteiger partial charge in [0, 0.05) is 0 Å². The van der Waals surface area contributed by atoms with Crippen LogP contribution in [0.1, 0.15) is 106 Å². The van der Waals surface area contributed by atoms with Crippen molar-refractivity contribution in [3.8, 4) is 0 Å². The lowest BCUT2D eigenvalue weighted by Gasteiger charge is -2.25. The average Bonchev–Trinajstić information content (AvgIpc) is 2.61. The van der Waals surface area contributed by atoms with Crippen LogP contribution < -0.4 is 0 Å². The number of hydrogen-bond acceptors (Lipinski definition) is 3. The van der Waals surface area contributed by atoms with Gasteiger partial charge in [0.05, 0.1) is 5.41 Å². The summed E-state index contributed by atoms with van der Waals surface area (Å²) in [6.07, 6.45) is 12.3. The number of carboxylic acid groups (broad SMARTS) is 1. The zero-order valence-corrected chi connectivity index (χ0v) is 18.6. The van der Waals surface area contributed by atoms with Crippen LogP contribution in [0.4, 0.5) is 0 Å². The summed E-state index contributed by atoms with van der Waals surface area (Å²) < 4.78 is 4.88. The SMILES string of the molecule is CC(C)(CCC1CCCCC1)C(=O)O.CC(C)CCCC(C)C(C)OC=O. The minimum atomic E-state index is -0.659. The number of carbonyl (C=O) groups is 2. The van der Waals surface area contributed by atoms with Gasteiger partial charge in [-0.15, -0.1) is 0 Å². The van der Waals surface area contributed by atoms with Gasteiger partial charge in [-0.2, -0.15) is 0 Å². The molecule has 0 saturated heterocycles. The third-order valence-corrected chi connectivity index (χ3v) is 5.99. The van der Waals surface area contributed by atoms with Gasteiger partial charge in [-0.05, 0) is 57.8 Å². The molecule has 0 amide bonds. The summed E-state index contributed by atoms with van der Waals surface area (Å²) >= 11 is 0. The monoisotopic (exact) mass is 384 g/mol. The third kappa shape index (κ3) is 12.9. The standard InChI is InChI=1S/C12H22O2.C11H22O2/c1-12(2,11(13)14)9-8-10-6-4-3-5-7-10;1-9(2)6-5-7-10(3)11(4)13-8-12/h10H,3-9H2,1-2H3,(H,13,14);8-11H,5-7H2,1-4H3. The topological polar surface area (TPSA) is 63.6 Å². The Morgan fingerprint density at radius 2 is 1.70 bits per heavy atom. The van der Waals surface area contributed by atoms with Crippen molar-refractivity contribution < 1.29 is 19.4 Å². The fourth-order valence-corrected chi connectivity index (χ4v) is 3.45. The van der Waals surface area contributed by atoms with Crippen molar-refractivity contribution in [3.63, 3.8) is 0 Å². The molecule has 0 bridgehead atoms. The van der Waals surface area contributed by atoms with Gasteiger partial charge in [-0.25, -0.2) is 0 Å². The van der Waals surface area contributed by atoms with E-state index in [1.165, 1.54) is 44.9 Å². The molecule has 1 aliphatic carbocycles. The molecule has 1 saturated carbocycles. The van der Waals surface area contributed by atoms with E-state index in [2.05, 4.69) is 20.8 Å². The molecule has 0 aromatic rings. The summed E-state index contributed by atoms with van der Waals surface area (Å²) in [6, 6.07) is 0. The van der Waals surface area contributed by atoms with E-state index in [1.807, 2.05) is 20.8 Å². The van der Waals surface area contributed by atoms with Gasteiger partial charge in [0.25, 0.3) is 6.47 Å². The Kier molecular flexibility index (Phi) is 13.5. The zero-order valence-electron chi connectivity index (χ0n) is 18.6. The van der Waals surface area contributed by atoms with Crippen molar-refractivity contribution in [2.24, 2.45) is 23.2 Å². The lowest BCUT2D eigenvalue weighted by Crippen LogP contribution is -2.24. The Morgan fingerprint density at radius 1 is 1.11 bits per heavy atom. The molecular weight excluding hydrogens is 340 g/mol. The van der Waals surface area contributed by atoms with Crippen LogP contribution >= 0.6 is 0 Å². The van der Waals surface area contributed by atoms with E-state index < -0.39 is 11.4 Å². The van der Waals surface area contributed by atoms with E-state index in [0.29, 0.717) is 12.4 Å². The summed E-state index contributed by atoms with van der Waals surface area (Å²) in [4.78, 5) is 21.0. The first-order valence-electron chi connectivity index (χ1n) is 10.9. The number of hydrogen-bond donors (Lipinski definition) is 1. The van der Waals surface area contributed by atoms with Crippen LogP contribution in [0.2, 0.25) is 0 Å². The second-order valence-corrected chi connectivity index (χ2v) is 9.47. The van der Waals surface area contributed by atoms with Crippen LogP contribution in [0.25, 0.3) is 0 Å². The molecule has 4 heteroatoms. The Labute approximate surface area is 167 Å². The second kappa shape index (κ2) is 14.0. The predicted molar refractivity (Wildman–Crippen MR) is 112 cm³/mol. The van der Waals surface area contributed by atoms with Gasteiger partial charge >= 0.3 is 5.97 Å². The molecule has 1 rings (SSSR count). The molecule has 0 aromatic carbocycles. The summed E-state index contributed by atoms with van der Waals surface area (Å²) in [5.41, 5.74) is -0.530. The molecule has 160 valence electrons. The molecule has 0 aromatic heterocycles. The van der Waals surface area contributed by atoms with Gasteiger partial charge in [-0.3, -0.25) is 9.59 Å². The Hall–Kier alpha value is -1.06. The Morgan fingerprint density at radius 3 is 2.19 bits per heavy atom. The van der Waals surface area contributed by atoms with Gasteiger partial charge < -0.3 is 9.84 Å². The summed E-state index contributed by atoms with van der Waals surface area (Å²) in [5, 5.41) is 8.97. The quantitative estimate of drug-likeness (QED) is 0.415. The largest absolute Gasteiger partial charge is 0.481 e. The fourth-order valence-electron chi connectivity index (χ4n) is 3.45. The summed E-state index contributed by atoms with van der Waals surface area (Å²) in [5.74, 6) is 1.38. The van der Waals surface area contributed by atoms with E-state index >= 15 is 0 Å². The van der Waals surface area contributed by atoms with Gasteiger partial charge in [0.2, 0.25) is 0 Å². The Balaban J connectivity index is 0.000000503. The molecule has 4 nitrogen and oxygen atoms in total. The van der Waals surface area contributed by atoms with Crippen LogP contribution in [-0.2, 0) is 14.3 Å². The number of ether oxygens (including phenoxy) is 1. The first kappa shape index (κ1) is 25.9. The lowest BCUT2D eigenvalue weighted by molar-refractivity contribution is -0.147.